The van der Waals surface area contributed by atoms with Crippen LogP contribution in [0.5, 0.6) is 0 Å². The maximum Gasteiger partial charge on any atom is 0.307 e. The zero-order valence-electron chi connectivity index (χ0n) is 10.2. The number of carboxylic acids is 1. The van der Waals surface area contributed by atoms with Crippen LogP contribution in [0.4, 0.5) is 0 Å². The second-order valence-corrected chi connectivity index (χ2v) is 4.65. The molecule has 2 heterocycles. The number of carbonyl (C=O) groups is 1. The first-order chi connectivity index (χ1) is 9.24. The van der Waals surface area contributed by atoms with Gasteiger partial charge in [-0.1, -0.05) is 12.1 Å². The van der Waals surface area contributed by atoms with E-state index in [1.807, 2.05) is 24.3 Å². The monoisotopic (exact) mass is 258 g/mol. The van der Waals surface area contributed by atoms with Gasteiger partial charge in [0.25, 0.3) is 0 Å². The van der Waals surface area contributed by atoms with E-state index >= 15 is 0 Å². The lowest BCUT2D eigenvalue weighted by Crippen LogP contribution is -2.17. The van der Waals surface area contributed by atoms with Crippen LogP contribution in [0, 0.1) is 5.92 Å². The first-order valence-corrected chi connectivity index (χ1v) is 6.17. The number of benzene rings is 1. The van der Waals surface area contributed by atoms with Gasteiger partial charge >= 0.3 is 5.97 Å². The molecule has 1 aromatic carbocycles. The Bertz CT molecular complexity index is 582. The number of carboxylic acid groups (broad SMARTS) is 1. The fourth-order valence-corrected chi connectivity index (χ4v) is 2.39. The summed E-state index contributed by atoms with van der Waals surface area (Å²) in [4.78, 5) is 12.5. The van der Waals surface area contributed by atoms with Crippen LogP contribution in [0.2, 0.25) is 0 Å². The summed E-state index contributed by atoms with van der Waals surface area (Å²) in [5.41, 5.74) is 1.95. The maximum atomic E-state index is 11.0. The fraction of sp³-hybridized carbons (Fsp3) is 0.308. The number of hydrogen-bond acceptors (Lipinski definition) is 4. The summed E-state index contributed by atoms with van der Waals surface area (Å²) in [5.74, 6) is -1.05. The lowest BCUT2D eigenvalue weighted by atomic mass is 10.00. The zero-order chi connectivity index (χ0) is 13.2. The molecule has 0 spiro atoms. The number of aliphatic carboxylic acids is 1. The molecule has 6 heteroatoms. The van der Waals surface area contributed by atoms with E-state index in [-0.39, 0.29) is 12.0 Å². The molecule has 1 saturated heterocycles. The molecule has 2 N–H and O–H groups in total. The highest BCUT2D eigenvalue weighted by Crippen LogP contribution is 2.28. The quantitative estimate of drug-likeness (QED) is 0.858. The van der Waals surface area contributed by atoms with Crippen molar-refractivity contribution >= 4 is 5.97 Å². The van der Waals surface area contributed by atoms with E-state index in [0.717, 1.165) is 11.3 Å². The van der Waals surface area contributed by atoms with Gasteiger partial charge in [0.1, 0.15) is 0 Å². The molecular formula is C13H14N4O2. The number of aromatic nitrogens is 3. The highest BCUT2D eigenvalue weighted by molar-refractivity contribution is 5.70. The van der Waals surface area contributed by atoms with Crippen molar-refractivity contribution in [1.29, 1.82) is 0 Å². The second-order valence-electron chi connectivity index (χ2n) is 4.65. The molecule has 3 rings (SSSR count). The minimum absolute atomic E-state index is 0.0802. The van der Waals surface area contributed by atoms with Gasteiger partial charge in [0.05, 0.1) is 24.0 Å². The average Bonchev–Trinajstić information content (AvgIpc) is 3.10. The molecule has 1 fully saturated rings. The summed E-state index contributed by atoms with van der Waals surface area (Å²) in [5, 5.41) is 20.4. The topological polar surface area (TPSA) is 80.0 Å². The van der Waals surface area contributed by atoms with E-state index in [1.165, 1.54) is 0 Å². The van der Waals surface area contributed by atoms with Crippen LogP contribution >= 0.6 is 0 Å². The minimum atomic E-state index is -0.736. The van der Waals surface area contributed by atoms with Crippen LogP contribution in [0.3, 0.4) is 0 Å². The van der Waals surface area contributed by atoms with E-state index in [2.05, 4.69) is 15.5 Å². The SMILES string of the molecule is O=C(O)C1CNC(c2cccc(-n3nccn3)c2)C1. The Labute approximate surface area is 110 Å². The van der Waals surface area contributed by atoms with Crippen LogP contribution < -0.4 is 5.32 Å². The van der Waals surface area contributed by atoms with Crippen molar-refractivity contribution in [2.45, 2.75) is 12.5 Å². The van der Waals surface area contributed by atoms with Crippen molar-refractivity contribution in [2.24, 2.45) is 5.92 Å². The number of hydrogen-bond donors (Lipinski definition) is 2. The molecule has 2 atom stereocenters. The van der Waals surface area contributed by atoms with E-state index in [0.29, 0.717) is 13.0 Å². The van der Waals surface area contributed by atoms with Gasteiger partial charge in [-0.15, -0.1) is 0 Å². The Morgan fingerprint density at radius 3 is 2.84 bits per heavy atom. The third-order valence-electron chi connectivity index (χ3n) is 3.40. The summed E-state index contributed by atoms with van der Waals surface area (Å²) in [6.45, 7) is 0.518. The number of nitrogens with zero attached hydrogens (tertiary/aromatic N) is 3. The molecular weight excluding hydrogens is 244 g/mol. The molecule has 0 bridgehead atoms. The minimum Gasteiger partial charge on any atom is -0.481 e. The maximum absolute atomic E-state index is 11.0. The molecule has 6 nitrogen and oxygen atoms in total. The zero-order valence-corrected chi connectivity index (χ0v) is 10.2. The van der Waals surface area contributed by atoms with Crippen molar-refractivity contribution in [3.63, 3.8) is 0 Å². The first-order valence-electron chi connectivity index (χ1n) is 6.17. The van der Waals surface area contributed by atoms with E-state index in [4.69, 9.17) is 5.11 Å². The third-order valence-corrected chi connectivity index (χ3v) is 3.40. The van der Waals surface area contributed by atoms with Crippen molar-refractivity contribution in [3.8, 4) is 5.69 Å². The van der Waals surface area contributed by atoms with Crippen molar-refractivity contribution in [1.82, 2.24) is 20.3 Å². The molecule has 0 aliphatic carbocycles. The standard InChI is InChI=1S/C13H14N4O2/c18-13(19)10-7-12(14-8-10)9-2-1-3-11(6-9)17-15-4-5-16-17/h1-6,10,12,14H,7-8H2,(H,18,19). The van der Waals surface area contributed by atoms with Gasteiger partial charge in [-0.2, -0.15) is 15.0 Å². The molecule has 0 saturated carbocycles. The Morgan fingerprint density at radius 2 is 2.16 bits per heavy atom. The highest BCUT2D eigenvalue weighted by Gasteiger charge is 2.30. The fourth-order valence-electron chi connectivity index (χ4n) is 2.39. The summed E-state index contributed by atoms with van der Waals surface area (Å²) in [7, 11) is 0. The summed E-state index contributed by atoms with van der Waals surface area (Å²) in [6, 6.07) is 7.92. The normalized spacial score (nSPS) is 22.5. The summed E-state index contributed by atoms with van der Waals surface area (Å²) < 4.78 is 0. The first kappa shape index (κ1) is 11.9. The molecule has 1 aliphatic heterocycles. The van der Waals surface area contributed by atoms with Gasteiger partial charge in [-0.05, 0) is 24.1 Å². The molecule has 1 aliphatic rings. The highest BCUT2D eigenvalue weighted by atomic mass is 16.4. The summed E-state index contributed by atoms with van der Waals surface area (Å²) >= 11 is 0. The van der Waals surface area contributed by atoms with Crippen molar-refractivity contribution in [3.05, 3.63) is 42.2 Å². The molecule has 1 aromatic heterocycles. The van der Waals surface area contributed by atoms with E-state index < -0.39 is 5.97 Å². The molecule has 19 heavy (non-hydrogen) atoms. The predicted octanol–water partition coefficient (Wildman–Crippen LogP) is 1.00. The van der Waals surface area contributed by atoms with Crippen LogP contribution in [0.25, 0.3) is 5.69 Å². The van der Waals surface area contributed by atoms with E-state index in [1.54, 1.807) is 17.2 Å². The smallest absolute Gasteiger partial charge is 0.307 e. The van der Waals surface area contributed by atoms with Gasteiger partial charge in [0, 0.05) is 12.6 Å². The number of rotatable bonds is 3. The predicted molar refractivity (Wildman–Crippen MR) is 67.8 cm³/mol. The van der Waals surface area contributed by atoms with Crippen molar-refractivity contribution < 1.29 is 9.90 Å². The molecule has 2 unspecified atom stereocenters. The molecule has 98 valence electrons. The summed E-state index contributed by atoms with van der Waals surface area (Å²) in [6.07, 6.45) is 3.87. The van der Waals surface area contributed by atoms with Gasteiger partial charge in [0.15, 0.2) is 0 Å². The Kier molecular flexibility index (Phi) is 3.00. The lowest BCUT2D eigenvalue weighted by Gasteiger charge is -2.11. The molecule has 0 radical (unpaired) electrons. The van der Waals surface area contributed by atoms with Gasteiger partial charge < -0.3 is 10.4 Å². The third kappa shape index (κ3) is 2.34. The van der Waals surface area contributed by atoms with Crippen molar-refractivity contribution in [2.75, 3.05) is 6.54 Å². The van der Waals surface area contributed by atoms with Crippen LogP contribution in [0.1, 0.15) is 18.0 Å². The Balaban J connectivity index is 1.83. The number of nitrogens with one attached hydrogen (secondary N) is 1. The Hall–Kier alpha value is -2.21. The van der Waals surface area contributed by atoms with Crippen LogP contribution in [0.15, 0.2) is 36.7 Å². The van der Waals surface area contributed by atoms with Gasteiger partial charge in [-0.25, -0.2) is 0 Å². The van der Waals surface area contributed by atoms with Crippen LogP contribution in [-0.4, -0.2) is 32.6 Å². The second kappa shape index (κ2) is 4.81. The largest absolute Gasteiger partial charge is 0.481 e. The van der Waals surface area contributed by atoms with Crippen LogP contribution in [-0.2, 0) is 4.79 Å². The average molecular weight is 258 g/mol. The molecule has 2 aromatic rings. The van der Waals surface area contributed by atoms with E-state index in [9.17, 15) is 4.79 Å². The van der Waals surface area contributed by atoms with Gasteiger partial charge in [-0.3, -0.25) is 4.79 Å². The molecule has 0 amide bonds. The van der Waals surface area contributed by atoms with Gasteiger partial charge in [0.2, 0.25) is 0 Å². The Morgan fingerprint density at radius 1 is 1.37 bits per heavy atom. The lowest BCUT2D eigenvalue weighted by molar-refractivity contribution is -0.141.